The summed E-state index contributed by atoms with van der Waals surface area (Å²) in [6.45, 7) is 9.01. The number of aryl methyl sites for hydroxylation is 1. The van der Waals surface area contributed by atoms with Gasteiger partial charge < -0.3 is 19.9 Å². The number of ether oxygens (including phenoxy) is 1. The average molecular weight is 606 g/mol. The molecule has 8 nitrogen and oxygen atoms in total. The molecule has 5 heterocycles. The van der Waals surface area contributed by atoms with Gasteiger partial charge in [-0.3, -0.25) is 19.6 Å². The summed E-state index contributed by atoms with van der Waals surface area (Å²) in [5, 5.41) is 3.18. The maximum absolute atomic E-state index is 13.3. The lowest BCUT2D eigenvalue weighted by Gasteiger charge is -2.56. The van der Waals surface area contributed by atoms with Gasteiger partial charge in [-0.1, -0.05) is 35.9 Å². The number of piperidine rings is 1. The number of likely N-dealkylation sites (tertiary alicyclic amines) is 2. The summed E-state index contributed by atoms with van der Waals surface area (Å²) in [5.74, 6) is 0.405. The number of amides is 2. The number of aromatic nitrogens is 2. The van der Waals surface area contributed by atoms with Crippen LogP contribution in [0.25, 0.3) is 5.57 Å². The van der Waals surface area contributed by atoms with Gasteiger partial charge in [0.1, 0.15) is 0 Å². The van der Waals surface area contributed by atoms with Gasteiger partial charge in [0, 0.05) is 55.8 Å². The molecule has 1 aromatic carbocycles. The third-order valence-corrected chi connectivity index (χ3v) is 10.2. The number of hydrogen-bond donors (Lipinski definition) is 1. The molecule has 1 N–H and O–H groups in total. The molecule has 4 fully saturated rings. The fourth-order valence-electron chi connectivity index (χ4n) is 7.68. The van der Waals surface area contributed by atoms with Crippen molar-refractivity contribution in [1.29, 1.82) is 0 Å². The number of nitrogens with one attached hydrogen (secondary N) is 1. The molecule has 1 spiro atoms. The number of carbonyl (C=O) groups excluding carboxylic acids is 2. The van der Waals surface area contributed by atoms with Crippen LogP contribution in [0.3, 0.4) is 0 Å². The van der Waals surface area contributed by atoms with E-state index in [0.717, 1.165) is 61.2 Å². The normalized spacial score (nSPS) is 20.6. The van der Waals surface area contributed by atoms with Crippen molar-refractivity contribution in [2.75, 3.05) is 46.4 Å². The summed E-state index contributed by atoms with van der Waals surface area (Å²) in [4.78, 5) is 39.5. The van der Waals surface area contributed by atoms with Gasteiger partial charge in [-0.25, -0.2) is 0 Å². The molecule has 3 aliphatic heterocycles. The molecule has 7 rings (SSSR count). The second kappa shape index (κ2) is 12.1. The molecule has 1 saturated carbocycles. The highest BCUT2D eigenvalue weighted by Crippen LogP contribution is 2.54. The first kappa shape index (κ1) is 29.8. The number of carbonyl (C=O) groups is 2. The maximum Gasteiger partial charge on any atom is 0.253 e. The standard InChI is InChI=1S/C37H43N5O3/c1-24-4-9-33(39-17-24)34(31-15-37(16-31)22-41(3)23-37)28-7-5-26(6-8-28)25(2)40-35(43)30-14-29(18-38-19-30)27-10-12-42(13-11-27)36(44)32-20-45-21-32/h4-9,14,17-19,25,27,32H,10-13,15-16,20-23H2,1-3H3,(H,40,43)/t25-/m1/s1. The zero-order valence-electron chi connectivity index (χ0n) is 26.6. The van der Waals surface area contributed by atoms with Crippen molar-refractivity contribution in [1.82, 2.24) is 25.1 Å². The molecule has 2 amide bonds. The lowest BCUT2D eigenvalue weighted by molar-refractivity contribution is -0.150. The summed E-state index contributed by atoms with van der Waals surface area (Å²) in [5.41, 5.74) is 9.26. The Morgan fingerprint density at radius 1 is 0.978 bits per heavy atom. The quantitative estimate of drug-likeness (QED) is 0.401. The van der Waals surface area contributed by atoms with E-state index in [4.69, 9.17) is 9.72 Å². The summed E-state index contributed by atoms with van der Waals surface area (Å²) in [7, 11) is 2.20. The highest BCUT2D eigenvalue weighted by molar-refractivity contribution is 5.94. The molecule has 0 unspecified atom stereocenters. The Labute approximate surface area is 265 Å². The molecule has 4 aliphatic rings. The van der Waals surface area contributed by atoms with E-state index < -0.39 is 0 Å². The fraction of sp³-hybridized carbons (Fsp3) is 0.459. The molecule has 45 heavy (non-hydrogen) atoms. The first-order chi connectivity index (χ1) is 21.8. The lowest BCUT2D eigenvalue weighted by atomic mass is 9.59. The van der Waals surface area contributed by atoms with E-state index in [9.17, 15) is 9.59 Å². The van der Waals surface area contributed by atoms with Gasteiger partial charge in [0.2, 0.25) is 5.91 Å². The van der Waals surface area contributed by atoms with Crippen LogP contribution < -0.4 is 5.32 Å². The third kappa shape index (κ3) is 6.06. The van der Waals surface area contributed by atoms with Crippen LogP contribution >= 0.6 is 0 Å². The third-order valence-electron chi connectivity index (χ3n) is 10.2. The highest BCUT2D eigenvalue weighted by atomic mass is 16.5. The Morgan fingerprint density at radius 2 is 1.71 bits per heavy atom. The minimum Gasteiger partial charge on any atom is -0.380 e. The molecule has 0 radical (unpaired) electrons. The summed E-state index contributed by atoms with van der Waals surface area (Å²) < 4.78 is 5.19. The van der Waals surface area contributed by atoms with E-state index in [0.29, 0.717) is 30.1 Å². The first-order valence-corrected chi connectivity index (χ1v) is 16.3. The zero-order chi connectivity index (χ0) is 31.1. The Bertz CT molecular complexity index is 1590. The number of benzene rings is 1. The van der Waals surface area contributed by atoms with E-state index in [1.165, 1.54) is 29.8 Å². The second-order valence-corrected chi connectivity index (χ2v) is 13.9. The number of nitrogens with zero attached hydrogens (tertiary/aromatic N) is 4. The molecule has 1 aliphatic carbocycles. The van der Waals surface area contributed by atoms with Crippen LogP contribution in [0.2, 0.25) is 0 Å². The monoisotopic (exact) mass is 605 g/mol. The van der Waals surface area contributed by atoms with Crippen LogP contribution in [-0.2, 0) is 9.53 Å². The van der Waals surface area contributed by atoms with Crippen molar-refractivity contribution >= 4 is 17.4 Å². The smallest absolute Gasteiger partial charge is 0.253 e. The maximum atomic E-state index is 13.3. The molecule has 1 atom stereocenters. The molecule has 3 saturated heterocycles. The lowest BCUT2D eigenvalue weighted by Crippen LogP contribution is -2.58. The Morgan fingerprint density at radius 3 is 2.33 bits per heavy atom. The van der Waals surface area contributed by atoms with Gasteiger partial charge in [0.05, 0.1) is 36.4 Å². The highest BCUT2D eigenvalue weighted by Gasteiger charge is 2.49. The predicted molar refractivity (Wildman–Crippen MR) is 174 cm³/mol. The minimum atomic E-state index is -0.161. The number of pyridine rings is 2. The second-order valence-electron chi connectivity index (χ2n) is 13.9. The molecule has 0 bridgehead atoms. The minimum absolute atomic E-state index is 0.0301. The Hall–Kier alpha value is -3.88. The predicted octanol–water partition coefficient (Wildman–Crippen LogP) is 5.16. The summed E-state index contributed by atoms with van der Waals surface area (Å²) in [6, 6.07) is 14.7. The SMILES string of the molecule is Cc1ccc(C(=C2CC3(C2)CN(C)C3)c2ccc([C@@H](C)NC(=O)c3cncc(C4CCN(C(=O)C5COC5)CC4)c3)cc2)nc1. The van der Waals surface area contributed by atoms with Crippen LogP contribution in [0.4, 0.5) is 0 Å². The molecular weight excluding hydrogens is 562 g/mol. The van der Waals surface area contributed by atoms with Crippen LogP contribution in [0.15, 0.2) is 66.6 Å². The van der Waals surface area contributed by atoms with Crippen molar-refractivity contribution in [2.45, 2.75) is 51.5 Å². The zero-order valence-corrected chi connectivity index (χ0v) is 26.6. The van der Waals surface area contributed by atoms with E-state index in [1.54, 1.807) is 6.20 Å². The van der Waals surface area contributed by atoms with Crippen molar-refractivity contribution in [3.05, 3.63) is 100 Å². The largest absolute Gasteiger partial charge is 0.380 e. The van der Waals surface area contributed by atoms with Crippen molar-refractivity contribution in [2.24, 2.45) is 11.3 Å². The van der Waals surface area contributed by atoms with Crippen molar-refractivity contribution in [3.8, 4) is 0 Å². The summed E-state index contributed by atoms with van der Waals surface area (Å²) >= 11 is 0. The van der Waals surface area contributed by atoms with Gasteiger partial charge in [0.15, 0.2) is 0 Å². The van der Waals surface area contributed by atoms with Gasteiger partial charge in [0.25, 0.3) is 5.91 Å². The number of rotatable bonds is 7. The Kier molecular flexibility index (Phi) is 8.04. The van der Waals surface area contributed by atoms with Gasteiger partial charge in [-0.2, -0.15) is 0 Å². The molecule has 3 aromatic rings. The van der Waals surface area contributed by atoms with E-state index >= 15 is 0 Å². The molecule has 2 aromatic heterocycles. The van der Waals surface area contributed by atoms with Crippen LogP contribution in [-0.4, -0.2) is 78.0 Å². The fourth-order valence-corrected chi connectivity index (χ4v) is 7.68. The molecule has 234 valence electrons. The van der Waals surface area contributed by atoms with E-state index in [1.807, 2.05) is 30.3 Å². The summed E-state index contributed by atoms with van der Waals surface area (Å²) in [6.07, 6.45) is 9.48. The topological polar surface area (TPSA) is 87.7 Å². The van der Waals surface area contributed by atoms with E-state index in [2.05, 4.69) is 65.6 Å². The Balaban J connectivity index is 1.00. The van der Waals surface area contributed by atoms with Gasteiger partial charge in [-0.05, 0) is 86.9 Å². The van der Waals surface area contributed by atoms with E-state index in [-0.39, 0.29) is 23.8 Å². The number of allylic oxidation sites excluding steroid dienone is 1. The van der Waals surface area contributed by atoms with Gasteiger partial charge in [-0.15, -0.1) is 0 Å². The first-order valence-electron chi connectivity index (χ1n) is 16.3. The van der Waals surface area contributed by atoms with Crippen LogP contribution in [0.5, 0.6) is 0 Å². The van der Waals surface area contributed by atoms with Crippen LogP contribution in [0, 0.1) is 18.3 Å². The van der Waals surface area contributed by atoms with Crippen molar-refractivity contribution < 1.29 is 14.3 Å². The van der Waals surface area contributed by atoms with Crippen molar-refractivity contribution in [3.63, 3.8) is 0 Å². The number of hydrogen-bond acceptors (Lipinski definition) is 6. The average Bonchev–Trinajstić information content (AvgIpc) is 2.99. The van der Waals surface area contributed by atoms with Gasteiger partial charge >= 0.3 is 0 Å². The molecule has 8 heteroatoms. The molecular formula is C37H43N5O3. The van der Waals surface area contributed by atoms with Crippen LogP contribution in [0.1, 0.15) is 82.9 Å².